The van der Waals surface area contributed by atoms with Crippen LogP contribution in [-0.2, 0) is 9.47 Å². The van der Waals surface area contributed by atoms with Crippen molar-refractivity contribution in [1.82, 2.24) is 20.2 Å². The normalized spacial score (nSPS) is 15.5. The van der Waals surface area contributed by atoms with Crippen LogP contribution in [0.25, 0.3) is 32.1 Å². The van der Waals surface area contributed by atoms with Gasteiger partial charge in [-0.1, -0.05) is 29.4 Å². The minimum absolute atomic E-state index is 0.00919. The minimum Gasteiger partial charge on any atom is -0.487 e. The first-order valence-corrected chi connectivity index (χ1v) is 18.8. The molecular formula is C35H39ClF2N6O6S2. The number of thioether (sulfide) groups is 1. The van der Waals surface area contributed by atoms with Crippen molar-refractivity contribution in [3.63, 3.8) is 0 Å². The molecule has 0 saturated carbocycles. The first-order valence-electron chi connectivity index (χ1n) is 16.3. The highest BCUT2D eigenvalue weighted by molar-refractivity contribution is 7.98. The van der Waals surface area contributed by atoms with Crippen molar-refractivity contribution in [1.29, 1.82) is 5.26 Å². The molecule has 1 saturated heterocycles. The topological polar surface area (TPSA) is 159 Å². The summed E-state index contributed by atoms with van der Waals surface area (Å²) in [5.41, 5.74) is -2.91. The Balaban J connectivity index is 1.56. The fourth-order valence-electron chi connectivity index (χ4n) is 5.67. The number of benzene rings is 2. The minimum atomic E-state index is -0.989. The first-order chi connectivity index (χ1) is 24.3. The molecule has 2 aromatic heterocycles. The average Bonchev–Trinajstić information content (AvgIpc) is 3.66. The van der Waals surface area contributed by atoms with Crippen LogP contribution in [0.3, 0.4) is 0 Å². The molecule has 0 bridgehead atoms. The van der Waals surface area contributed by atoms with Gasteiger partial charge in [0.15, 0.2) is 16.7 Å². The number of nitrogens with one attached hydrogen (secondary N) is 3. The van der Waals surface area contributed by atoms with Crippen LogP contribution in [0.1, 0.15) is 60.5 Å². The monoisotopic (exact) mass is 776 g/mol. The molecule has 0 unspecified atom stereocenters. The lowest BCUT2D eigenvalue weighted by atomic mass is 9.96. The second-order valence-electron chi connectivity index (χ2n) is 14.2. The fraction of sp³-hybridized carbons (Fsp3) is 0.457. The Morgan fingerprint density at radius 2 is 1.88 bits per heavy atom. The number of halogens is 3. The quantitative estimate of drug-likeness (QED) is 0.118. The van der Waals surface area contributed by atoms with E-state index in [1.165, 1.54) is 6.07 Å². The number of rotatable bonds is 8. The fourth-order valence-corrected chi connectivity index (χ4v) is 7.44. The van der Waals surface area contributed by atoms with Gasteiger partial charge in [0.05, 0.1) is 15.3 Å². The lowest BCUT2D eigenvalue weighted by molar-refractivity contribution is 0.0290. The summed E-state index contributed by atoms with van der Waals surface area (Å²) in [5.74, 6) is -1.87. The van der Waals surface area contributed by atoms with Crippen LogP contribution in [0.5, 0.6) is 5.75 Å². The van der Waals surface area contributed by atoms with Crippen LogP contribution in [0.4, 0.5) is 23.4 Å². The zero-order valence-corrected chi connectivity index (χ0v) is 32.3. The number of nitriles is 1. The summed E-state index contributed by atoms with van der Waals surface area (Å²) in [5, 5.41) is 15.7. The number of fused-ring (bicyclic) bond motifs is 2. The van der Waals surface area contributed by atoms with E-state index in [0.717, 1.165) is 29.2 Å². The summed E-state index contributed by atoms with van der Waals surface area (Å²) in [7, 11) is 0. The van der Waals surface area contributed by atoms with E-state index in [9.17, 15) is 19.6 Å². The number of carbonyl (C=O) groups excluding carboxylic acids is 2. The third-order valence-electron chi connectivity index (χ3n) is 7.80. The van der Waals surface area contributed by atoms with Gasteiger partial charge >= 0.3 is 12.2 Å². The molecule has 0 spiro atoms. The average molecular weight is 777 g/mol. The van der Waals surface area contributed by atoms with E-state index in [-0.39, 0.29) is 71.2 Å². The van der Waals surface area contributed by atoms with Gasteiger partial charge in [0.2, 0.25) is 0 Å². The molecule has 278 valence electrons. The van der Waals surface area contributed by atoms with E-state index in [2.05, 4.69) is 20.6 Å². The van der Waals surface area contributed by atoms with Crippen LogP contribution in [-0.4, -0.2) is 76.3 Å². The number of nitrogens with zero attached hydrogens (tertiary/aromatic N) is 3. The SMILES string of the molecule is CSc1nc2c(F)c(-c3ccc(F)c4sc(NC(=O)OC(C)(C)C)c(C#N)c34)c(Cl)c(O[C@@H](C)CN[C@@H]3CCN(C(=O)OC(C)(C)C)C3)c2c(=O)[nH]1. The van der Waals surface area contributed by atoms with Gasteiger partial charge in [-0.05, 0) is 72.8 Å². The Morgan fingerprint density at radius 1 is 1.19 bits per heavy atom. The van der Waals surface area contributed by atoms with Crippen molar-refractivity contribution in [2.45, 2.75) is 83.4 Å². The second-order valence-corrected chi connectivity index (χ2v) is 16.4. The highest BCUT2D eigenvalue weighted by Gasteiger charge is 2.32. The number of ether oxygens (including phenoxy) is 3. The number of anilines is 1. The molecule has 0 aliphatic carbocycles. The third kappa shape index (κ3) is 8.38. The van der Waals surface area contributed by atoms with Crippen molar-refractivity contribution in [2.75, 3.05) is 31.2 Å². The molecule has 4 aromatic rings. The van der Waals surface area contributed by atoms with Gasteiger partial charge in [-0.3, -0.25) is 10.1 Å². The molecule has 3 heterocycles. The summed E-state index contributed by atoms with van der Waals surface area (Å²) in [6.07, 6.45) is 0.425. The smallest absolute Gasteiger partial charge is 0.412 e. The lowest BCUT2D eigenvalue weighted by Crippen LogP contribution is -2.40. The van der Waals surface area contributed by atoms with E-state index >= 15 is 8.78 Å². The van der Waals surface area contributed by atoms with Crippen LogP contribution in [0.15, 0.2) is 22.1 Å². The van der Waals surface area contributed by atoms with Gasteiger partial charge in [-0.2, -0.15) is 5.26 Å². The first kappa shape index (κ1) is 39.0. The van der Waals surface area contributed by atoms with Crippen molar-refractivity contribution in [2.24, 2.45) is 0 Å². The number of hydrogen-bond acceptors (Lipinski definition) is 11. The molecule has 5 rings (SSSR count). The van der Waals surface area contributed by atoms with E-state index in [0.29, 0.717) is 19.5 Å². The Morgan fingerprint density at radius 3 is 2.52 bits per heavy atom. The molecule has 3 N–H and O–H groups in total. The number of H-pyrrole nitrogens is 1. The number of hydrogen-bond donors (Lipinski definition) is 3. The summed E-state index contributed by atoms with van der Waals surface area (Å²) in [6.45, 7) is 13.3. The molecule has 0 radical (unpaired) electrons. The summed E-state index contributed by atoms with van der Waals surface area (Å²) < 4.78 is 49.2. The van der Waals surface area contributed by atoms with Crippen molar-refractivity contribution < 1.29 is 32.6 Å². The highest BCUT2D eigenvalue weighted by Crippen LogP contribution is 2.48. The standard InChI is InChI=1S/C35H39ClF2N6O6S2/c1-16(14-40-17-11-12-44(15-17)33(47)50-35(5,6)7)48-27-23-26(41-31(51-8)42-29(23)45)25(38)22(24(27)36)18-9-10-20(37)28-21(18)19(13-39)30(52-28)43-32(46)49-34(2,3)4/h9-10,16-17,40H,11-12,14-15H2,1-8H3,(H,43,46)(H,41,42,45)/t16-,17+/m0/s1. The number of aromatic amines is 1. The van der Waals surface area contributed by atoms with Gasteiger partial charge in [0.25, 0.3) is 5.56 Å². The molecule has 17 heteroatoms. The van der Waals surface area contributed by atoms with Gasteiger partial charge in [0.1, 0.15) is 45.1 Å². The zero-order chi connectivity index (χ0) is 38.3. The van der Waals surface area contributed by atoms with Crippen molar-refractivity contribution >= 4 is 72.9 Å². The molecule has 2 amide bonds. The van der Waals surface area contributed by atoms with Gasteiger partial charge < -0.3 is 29.4 Å². The highest BCUT2D eigenvalue weighted by atomic mass is 35.5. The summed E-state index contributed by atoms with van der Waals surface area (Å²) in [4.78, 5) is 47.2. The van der Waals surface area contributed by atoms with E-state index < -0.39 is 46.7 Å². The van der Waals surface area contributed by atoms with Crippen LogP contribution < -0.4 is 20.9 Å². The third-order valence-corrected chi connectivity index (χ3v) is 9.86. The Kier molecular flexibility index (Phi) is 11.3. The number of thiophene rings is 1. The van der Waals surface area contributed by atoms with Crippen LogP contribution in [0.2, 0.25) is 5.02 Å². The van der Waals surface area contributed by atoms with Crippen LogP contribution in [0, 0.1) is 23.0 Å². The van der Waals surface area contributed by atoms with Crippen molar-refractivity contribution in [3.8, 4) is 22.9 Å². The lowest BCUT2D eigenvalue weighted by Gasteiger charge is -2.25. The summed E-state index contributed by atoms with van der Waals surface area (Å²) in [6, 6.07) is 4.30. The van der Waals surface area contributed by atoms with Gasteiger partial charge in [-0.15, -0.1) is 11.3 Å². The van der Waals surface area contributed by atoms with E-state index in [1.54, 1.807) is 59.6 Å². The molecule has 2 atom stereocenters. The number of likely N-dealkylation sites (tertiary alicyclic amines) is 1. The Bertz CT molecular complexity index is 2160. The molecule has 1 aliphatic heterocycles. The molecule has 1 aliphatic rings. The van der Waals surface area contributed by atoms with Gasteiger partial charge in [0, 0.05) is 36.6 Å². The number of amides is 2. The molecule has 12 nitrogen and oxygen atoms in total. The molecular weight excluding hydrogens is 738 g/mol. The van der Waals surface area contributed by atoms with E-state index in [4.69, 9.17) is 25.8 Å². The Labute approximate surface area is 312 Å². The largest absolute Gasteiger partial charge is 0.487 e. The molecule has 1 fully saturated rings. The maximum Gasteiger partial charge on any atom is 0.412 e. The number of aromatic nitrogens is 2. The zero-order valence-electron chi connectivity index (χ0n) is 29.9. The van der Waals surface area contributed by atoms with Crippen LogP contribution >= 0.6 is 34.7 Å². The molecule has 2 aromatic carbocycles. The predicted octanol–water partition coefficient (Wildman–Crippen LogP) is 8.04. The summed E-state index contributed by atoms with van der Waals surface area (Å²) >= 11 is 8.82. The van der Waals surface area contributed by atoms with E-state index in [1.807, 2.05) is 6.07 Å². The predicted molar refractivity (Wildman–Crippen MR) is 199 cm³/mol. The maximum absolute atomic E-state index is 16.8. The Hall–Kier alpha value is -4.17. The maximum atomic E-state index is 16.8. The second kappa shape index (κ2) is 15.1. The molecule has 52 heavy (non-hydrogen) atoms. The van der Waals surface area contributed by atoms with Gasteiger partial charge in [-0.25, -0.2) is 23.4 Å². The van der Waals surface area contributed by atoms with Crippen molar-refractivity contribution in [3.05, 3.63) is 44.7 Å². The number of carbonyl (C=O) groups is 2.